The normalized spacial score (nSPS) is 12.2. The molecule has 0 aliphatic rings. The Balaban J connectivity index is 2.23. The van der Waals surface area contributed by atoms with Gasteiger partial charge in [-0.2, -0.15) is 4.98 Å². The first-order valence-corrected chi connectivity index (χ1v) is 7.96. The number of aryl methyl sites for hydroxylation is 2. The van der Waals surface area contributed by atoms with E-state index in [1.54, 1.807) is 27.0 Å². The number of nitrogens with zero attached hydrogens (tertiary/aromatic N) is 4. The van der Waals surface area contributed by atoms with Crippen LogP contribution in [0.1, 0.15) is 35.8 Å². The van der Waals surface area contributed by atoms with E-state index >= 15 is 0 Å². The molecule has 1 unspecified atom stereocenters. The Kier molecular flexibility index (Phi) is 5.56. The summed E-state index contributed by atoms with van der Waals surface area (Å²) in [5, 5.41) is 11.6. The number of rotatable bonds is 6. The van der Waals surface area contributed by atoms with E-state index in [-0.39, 0.29) is 5.91 Å². The van der Waals surface area contributed by atoms with Crippen LogP contribution >= 0.6 is 11.3 Å². The molecule has 0 radical (unpaired) electrons. The van der Waals surface area contributed by atoms with Gasteiger partial charge in [0.2, 0.25) is 11.0 Å². The van der Waals surface area contributed by atoms with Crippen LogP contribution in [0.2, 0.25) is 0 Å². The average Bonchev–Trinajstić information content (AvgIpc) is 2.90. The molecule has 2 heterocycles. The number of aromatic nitrogens is 4. The lowest BCUT2D eigenvalue weighted by Gasteiger charge is -2.19. The second-order valence-corrected chi connectivity index (χ2v) is 6.10. The molecule has 1 amide bonds. The predicted molar refractivity (Wildman–Crippen MR) is 86.6 cm³/mol. The van der Waals surface area contributed by atoms with Gasteiger partial charge >= 0.3 is 5.69 Å². The van der Waals surface area contributed by atoms with Crippen molar-refractivity contribution < 1.29 is 9.53 Å². The third-order valence-corrected chi connectivity index (χ3v) is 4.05. The zero-order valence-corrected chi connectivity index (χ0v) is 14.3. The van der Waals surface area contributed by atoms with Gasteiger partial charge in [0, 0.05) is 18.5 Å². The van der Waals surface area contributed by atoms with Gasteiger partial charge in [0.05, 0.1) is 0 Å². The van der Waals surface area contributed by atoms with Crippen molar-refractivity contribution in [3.05, 3.63) is 32.9 Å². The van der Waals surface area contributed by atoms with E-state index in [0.29, 0.717) is 34.6 Å². The summed E-state index contributed by atoms with van der Waals surface area (Å²) < 4.78 is 6.37. The molecule has 2 aromatic rings. The Morgan fingerprint density at radius 1 is 1.43 bits per heavy atom. The van der Waals surface area contributed by atoms with E-state index < -0.39 is 11.7 Å². The third kappa shape index (κ3) is 3.99. The first-order chi connectivity index (χ1) is 11.0. The lowest BCUT2D eigenvalue weighted by atomic mass is 10.2. The number of amides is 1. The molecule has 0 fully saturated rings. The zero-order valence-electron chi connectivity index (χ0n) is 13.5. The van der Waals surface area contributed by atoms with E-state index in [4.69, 9.17) is 4.74 Å². The van der Waals surface area contributed by atoms with Crippen molar-refractivity contribution in [3.8, 4) is 0 Å². The largest absolute Gasteiger partial charge is 0.377 e. The molecule has 0 aliphatic heterocycles. The fraction of sp³-hybridized carbons (Fsp3) is 0.500. The fourth-order valence-electron chi connectivity index (χ4n) is 2.30. The van der Waals surface area contributed by atoms with Crippen LogP contribution in [0.25, 0.3) is 0 Å². The predicted octanol–water partition coefficient (Wildman–Crippen LogP) is 1.45. The number of hydrogen-bond donors (Lipinski definition) is 1. The second-order valence-electron chi connectivity index (χ2n) is 5.04. The first-order valence-electron chi connectivity index (χ1n) is 7.15. The van der Waals surface area contributed by atoms with Crippen molar-refractivity contribution in [2.24, 2.45) is 0 Å². The highest BCUT2D eigenvalue weighted by Crippen LogP contribution is 2.19. The van der Waals surface area contributed by atoms with Gasteiger partial charge in [-0.3, -0.25) is 14.7 Å². The molecule has 0 saturated heterocycles. The van der Waals surface area contributed by atoms with Gasteiger partial charge in [-0.1, -0.05) is 18.3 Å². The number of hydrogen-bond acceptors (Lipinski definition) is 7. The molecule has 0 aliphatic carbocycles. The van der Waals surface area contributed by atoms with E-state index in [1.165, 1.54) is 15.9 Å². The monoisotopic (exact) mass is 337 g/mol. The molecule has 0 spiro atoms. The number of ether oxygens (including phenoxy) is 1. The molecule has 124 valence electrons. The number of carbonyl (C=O) groups excluding carboxylic acids is 1. The first kappa shape index (κ1) is 17.2. The fourth-order valence-corrected chi connectivity index (χ4v) is 3.01. The third-order valence-electron chi connectivity index (χ3n) is 3.24. The highest BCUT2D eigenvalue weighted by Gasteiger charge is 2.23. The van der Waals surface area contributed by atoms with Crippen LogP contribution in [0.3, 0.4) is 0 Å². The Morgan fingerprint density at radius 3 is 2.78 bits per heavy atom. The van der Waals surface area contributed by atoms with Gasteiger partial charge in [0.1, 0.15) is 17.7 Å². The summed E-state index contributed by atoms with van der Waals surface area (Å²) in [6, 6.07) is 1.13. The molecule has 2 aromatic heterocycles. The van der Waals surface area contributed by atoms with Crippen LogP contribution in [0.4, 0.5) is 5.13 Å². The van der Waals surface area contributed by atoms with E-state index in [0.717, 1.165) is 0 Å². The lowest BCUT2D eigenvalue weighted by Crippen LogP contribution is -2.36. The van der Waals surface area contributed by atoms with E-state index in [1.807, 2.05) is 6.92 Å². The number of nitrogens with one attached hydrogen (secondary N) is 1. The van der Waals surface area contributed by atoms with Crippen molar-refractivity contribution in [2.45, 2.75) is 39.8 Å². The zero-order chi connectivity index (χ0) is 17.0. The molecule has 9 heteroatoms. The van der Waals surface area contributed by atoms with Crippen LogP contribution in [0, 0.1) is 13.8 Å². The summed E-state index contributed by atoms with van der Waals surface area (Å²) in [6.07, 6.45) is 0.459. The number of anilines is 1. The maximum absolute atomic E-state index is 12.5. The van der Waals surface area contributed by atoms with Crippen LogP contribution in [-0.4, -0.2) is 32.8 Å². The Hall–Kier alpha value is -2.13. The van der Waals surface area contributed by atoms with Crippen LogP contribution in [-0.2, 0) is 16.1 Å². The van der Waals surface area contributed by atoms with Crippen LogP contribution in [0.15, 0.2) is 10.9 Å². The molecule has 0 aromatic carbocycles. The van der Waals surface area contributed by atoms with Crippen LogP contribution < -0.4 is 11.0 Å². The van der Waals surface area contributed by atoms with Gasteiger partial charge in [-0.05, 0) is 26.3 Å². The van der Waals surface area contributed by atoms with Crippen LogP contribution in [0.5, 0.6) is 0 Å². The van der Waals surface area contributed by atoms with Crippen molar-refractivity contribution in [1.82, 2.24) is 19.7 Å². The summed E-state index contributed by atoms with van der Waals surface area (Å²) in [7, 11) is 1.56. The van der Waals surface area contributed by atoms with Gasteiger partial charge < -0.3 is 4.74 Å². The van der Waals surface area contributed by atoms with Crippen molar-refractivity contribution in [1.29, 1.82) is 0 Å². The van der Waals surface area contributed by atoms with E-state index in [9.17, 15) is 9.59 Å². The number of methoxy groups -OCH3 is 1. The summed E-state index contributed by atoms with van der Waals surface area (Å²) in [5.41, 5.74) is 0.899. The summed E-state index contributed by atoms with van der Waals surface area (Å²) in [6.45, 7) is 5.71. The topological polar surface area (TPSA) is 99.0 Å². The summed E-state index contributed by atoms with van der Waals surface area (Å²) >= 11 is 1.24. The molecule has 1 atom stereocenters. The highest BCUT2D eigenvalue weighted by atomic mass is 32.1. The molecular formula is C14H19N5O3S. The summed E-state index contributed by atoms with van der Waals surface area (Å²) in [5.74, 6) is -0.316. The van der Waals surface area contributed by atoms with Gasteiger partial charge in [0.25, 0.3) is 0 Å². The minimum Gasteiger partial charge on any atom is -0.377 e. The minimum absolute atomic E-state index is 0.316. The molecule has 0 saturated carbocycles. The van der Waals surface area contributed by atoms with Crippen molar-refractivity contribution in [2.75, 3.05) is 12.4 Å². The maximum atomic E-state index is 12.5. The molecule has 23 heavy (non-hydrogen) atoms. The van der Waals surface area contributed by atoms with Gasteiger partial charge in [-0.25, -0.2) is 4.79 Å². The Bertz CT molecular complexity index is 755. The maximum Gasteiger partial charge on any atom is 0.348 e. The Morgan fingerprint density at radius 2 is 2.17 bits per heavy atom. The van der Waals surface area contributed by atoms with Crippen molar-refractivity contribution in [3.63, 3.8) is 0 Å². The second kappa shape index (κ2) is 7.42. The quantitative estimate of drug-likeness (QED) is 0.856. The molecule has 8 nitrogen and oxygen atoms in total. The number of carbonyl (C=O) groups is 1. The average molecular weight is 337 g/mol. The lowest BCUT2D eigenvalue weighted by molar-refractivity contribution is -0.119. The minimum atomic E-state index is -0.648. The molecular weight excluding hydrogens is 318 g/mol. The van der Waals surface area contributed by atoms with Gasteiger partial charge in [-0.15, -0.1) is 10.2 Å². The molecule has 0 bridgehead atoms. The van der Waals surface area contributed by atoms with Gasteiger partial charge in [0.15, 0.2) is 0 Å². The smallest absolute Gasteiger partial charge is 0.348 e. The molecule has 2 rings (SSSR count). The summed E-state index contributed by atoms with van der Waals surface area (Å²) in [4.78, 5) is 28.6. The Labute approximate surface area is 137 Å². The SMILES string of the molecule is CCC(C(=O)Nc1nnc(COC)s1)n1c(C)cc(C)nc1=O. The highest BCUT2D eigenvalue weighted by molar-refractivity contribution is 7.15. The van der Waals surface area contributed by atoms with Crippen molar-refractivity contribution >= 4 is 22.4 Å². The van der Waals surface area contributed by atoms with E-state index in [2.05, 4.69) is 20.5 Å². The molecule has 1 N–H and O–H groups in total. The standard InChI is InChI=1S/C14H19N5O3S/c1-5-10(19-9(3)6-8(2)15-14(19)21)12(20)16-13-18-17-11(23-13)7-22-4/h6,10H,5,7H2,1-4H3,(H,16,18,20).